The number of amides is 1. The molecular weight excluding hydrogens is 258 g/mol. The van der Waals surface area contributed by atoms with Crippen LogP contribution in [-0.2, 0) is 11.3 Å². The number of carbonyl (C=O) groups excluding carboxylic acids is 1. The molecule has 2 fully saturated rings. The van der Waals surface area contributed by atoms with Gasteiger partial charge in [-0.15, -0.1) is 11.3 Å². The number of hydrogen-bond acceptors (Lipinski definition) is 4. The summed E-state index contributed by atoms with van der Waals surface area (Å²) in [6.45, 7) is 5.77. The van der Waals surface area contributed by atoms with Gasteiger partial charge in [0.1, 0.15) is 0 Å². The Morgan fingerprint density at radius 3 is 2.84 bits per heavy atom. The van der Waals surface area contributed by atoms with E-state index in [-0.39, 0.29) is 6.04 Å². The largest absolute Gasteiger partial charge is 0.339 e. The molecule has 4 nitrogen and oxygen atoms in total. The highest BCUT2D eigenvalue weighted by atomic mass is 32.1. The molecule has 5 heteroatoms. The fourth-order valence-corrected chi connectivity index (χ4v) is 3.61. The maximum absolute atomic E-state index is 12.3. The normalized spacial score (nSPS) is 24.8. The molecular formula is C14H21N3OS. The molecule has 1 unspecified atom stereocenters. The first-order valence-corrected chi connectivity index (χ1v) is 7.98. The van der Waals surface area contributed by atoms with Crippen molar-refractivity contribution in [2.75, 3.05) is 32.7 Å². The van der Waals surface area contributed by atoms with Crippen molar-refractivity contribution in [1.82, 2.24) is 15.1 Å². The average molecular weight is 279 g/mol. The van der Waals surface area contributed by atoms with Gasteiger partial charge in [-0.3, -0.25) is 9.69 Å². The number of rotatable bonds is 3. The van der Waals surface area contributed by atoms with Crippen LogP contribution in [0.25, 0.3) is 0 Å². The molecule has 2 aliphatic rings. The number of nitrogens with one attached hydrogen (secondary N) is 1. The molecule has 2 aliphatic heterocycles. The lowest BCUT2D eigenvalue weighted by Gasteiger charge is -2.35. The van der Waals surface area contributed by atoms with E-state index in [9.17, 15) is 4.79 Å². The van der Waals surface area contributed by atoms with Crippen LogP contribution < -0.4 is 5.32 Å². The van der Waals surface area contributed by atoms with E-state index >= 15 is 0 Å². The number of nitrogens with zero attached hydrogens (tertiary/aromatic N) is 2. The molecule has 3 rings (SSSR count). The lowest BCUT2D eigenvalue weighted by Crippen LogP contribution is -2.52. The zero-order valence-electron chi connectivity index (χ0n) is 11.2. The predicted octanol–water partition coefficient (Wildman–Crippen LogP) is 1.14. The van der Waals surface area contributed by atoms with E-state index in [1.165, 1.54) is 4.88 Å². The first kappa shape index (κ1) is 13.1. The van der Waals surface area contributed by atoms with Crippen LogP contribution in [0, 0.1) is 0 Å². The highest BCUT2D eigenvalue weighted by Crippen LogP contribution is 2.15. The van der Waals surface area contributed by atoms with Gasteiger partial charge in [0.05, 0.1) is 6.04 Å². The standard InChI is InChI=1S/C14H21N3OS/c18-14(13-4-1-5-15-13)17-8-6-16(7-9-17)11-12-3-2-10-19-12/h2-3,10,13,15H,1,4-9,11H2. The topological polar surface area (TPSA) is 35.6 Å². The van der Waals surface area contributed by atoms with E-state index < -0.39 is 0 Å². The number of piperazine rings is 1. The minimum Gasteiger partial charge on any atom is -0.339 e. The summed E-state index contributed by atoms with van der Waals surface area (Å²) in [4.78, 5) is 18.2. The van der Waals surface area contributed by atoms with Gasteiger partial charge in [-0.05, 0) is 30.8 Å². The Kier molecular flexibility index (Phi) is 4.15. The molecule has 1 amide bonds. The molecule has 0 spiro atoms. The minimum absolute atomic E-state index is 0.0869. The summed E-state index contributed by atoms with van der Waals surface area (Å²) in [6, 6.07) is 4.37. The summed E-state index contributed by atoms with van der Waals surface area (Å²) in [5, 5.41) is 5.42. The minimum atomic E-state index is 0.0869. The van der Waals surface area contributed by atoms with Crippen molar-refractivity contribution in [3.05, 3.63) is 22.4 Å². The Balaban J connectivity index is 1.47. The van der Waals surface area contributed by atoms with Crippen LogP contribution in [0.4, 0.5) is 0 Å². The molecule has 1 atom stereocenters. The molecule has 1 aromatic rings. The molecule has 1 N–H and O–H groups in total. The van der Waals surface area contributed by atoms with Gasteiger partial charge in [0.25, 0.3) is 0 Å². The quantitative estimate of drug-likeness (QED) is 0.901. The maximum Gasteiger partial charge on any atom is 0.239 e. The second-order valence-corrected chi connectivity index (χ2v) is 6.36. The van der Waals surface area contributed by atoms with Crippen LogP contribution in [0.3, 0.4) is 0 Å². The third-order valence-corrected chi connectivity index (χ3v) is 4.86. The van der Waals surface area contributed by atoms with Crippen molar-refractivity contribution >= 4 is 17.2 Å². The van der Waals surface area contributed by atoms with E-state index in [4.69, 9.17) is 0 Å². The molecule has 1 aromatic heterocycles. The van der Waals surface area contributed by atoms with Crippen molar-refractivity contribution in [2.24, 2.45) is 0 Å². The Morgan fingerprint density at radius 1 is 1.37 bits per heavy atom. The molecule has 2 saturated heterocycles. The van der Waals surface area contributed by atoms with Crippen molar-refractivity contribution in [3.8, 4) is 0 Å². The molecule has 0 aromatic carbocycles. The lowest BCUT2D eigenvalue weighted by molar-refractivity contribution is -0.134. The van der Waals surface area contributed by atoms with E-state index in [1.54, 1.807) is 0 Å². The van der Waals surface area contributed by atoms with E-state index in [2.05, 4.69) is 27.7 Å². The zero-order chi connectivity index (χ0) is 13.1. The van der Waals surface area contributed by atoms with Gasteiger partial charge in [0.15, 0.2) is 0 Å². The van der Waals surface area contributed by atoms with Crippen molar-refractivity contribution in [2.45, 2.75) is 25.4 Å². The third-order valence-electron chi connectivity index (χ3n) is 4.00. The number of carbonyl (C=O) groups is 1. The van der Waals surface area contributed by atoms with E-state index in [0.717, 1.165) is 52.1 Å². The van der Waals surface area contributed by atoms with Crippen LogP contribution in [0.1, 0.15) is 17.7 Å². The number of thiophene rings is 1. The highest BCUT2D eigenvalue weighted by Gasteiger charge is 2.29. The second kappa shape index (κ2) is 6.03. The molecule has 19 heavy (non-hydrogen) atoms. The second-order valence-electron chi connectivity index (χ2n) is 5.33. The van der Waals surface area contributed by atoms with Crippen LogP contribution >= 0.6 is 11.3 Å². The Morgan fingerprint density at radius 2 is 2.21 bits per heavy atom. The first-order chi connectivity index (χ1) is 9.33. The third kappa shape index (κ3) is 3.16. The lowest BCUT2D eigenvalue weighted by atomic mass is 10.2. The first-order valence-electron chi connectivity index (χ1n) is 7.10. The molecule has 0 bridgehead atoms. The van der Waals surface area contributed by atoms with Gasteiger partial charge in [-0.1, -0.05) is 6.07 Å². The predicted molar refractivity (Wildman–Crippen MR) is 77.2 cm³/mol. The Labute approximate surface area is 118 Å². The summed E-state index contributed by atoms with van der Waals surface area (Å²) < 4.78 is 0. The van der Waals surface area contributed by atoms with Crippen molar-refractivity contribution in [3.63, 3.8) is 0 Å². The fourth-order valence-electron chi connectivity index (χ4n) is 2.87. The molecule has 104 valence electrons. The molecule has 3 heterocycles. The van der Waals surface area contributed by atoms with Crippen LogP contribution in [0.2, 0.25) is 0 Å². The van der Waals surface area contributed by atoms with Gasteiger partial charge in [0.2, 0.25) is 5.91 Å². The summed E-state index contributed by atoms with van der Waals surface area (Å²) in [7, 11) is 0. The van der Waals surface area contributed by atoms with Crippen LogP contribution in [0.15, 0.2) is 17.5 Å². The van der Waals surface area contributed by atoms with Gasteiger partial charge in [-0.25, -0.2) is 0 Å². The van der Waals surface area contributed by atoms with Crippen LogP contribution in [-0.4, -0.2) is 54.5 Å². The summed E-state index contributed by atoms with van der Waals surface area (Å²) in [6.07, 6.45) is 2.14. The highest BCUT2D eigenvalue weighted by molar-refractivity contribution is 7.09. The van der Waals surface area contributed by atoms with Gasteiger partial charge in [0, 0.05) is 37.6 Å². The molecule has 0 aliphatic carbocycles. The van der Waals surface area contributed by atoms with Gasteiger partial charge < -0.3 is 10.2 Å². The number of hydrogen-bond donors (Lipinski definition) is 1. The van der Waals surface area contributed by atoms with Gasteiger partial charge >= 0.3 is 0 Å². The SMILES string of the molecule is O=C(C1CCCN1)N1CCN(Cc2cccs2)CC1. The van der Waals surface area contributed by atoms with E-state index in [1.807, 2.05) is 16.2 Å². The summed E-state index contributed by atoms with van der Waals surface area (Å²) in [5.41, 5.74) is 0. The average Bonchev–Trinajstić information content (AvgIpc) is 3.12. The Hall–Kier alpha value is -0.910. The van der Waals surface area contributed by atoms with Crippen LogP contribution in [0.5, 0.6) is 0 Å². The summed E-state index contributed by atoms with van der Waals surface area (Å²) >= 11 is 1.81. The monoisotopic (exact) mass is 279 g/mol. The Bertz CT molecular complexity index is 406. The van der Waals surface area contributed by atoms with Crippen molar-refractivity contribution in [1.29, 1.82) is 0 Å². The molecule has 0 saturated carbocycles. The van der Waals surface area contributed by atoms with Gasteiger partial charge in [-0.2, -0.15) is 0 Å². The summed E-state index contributed by atoms with van der Waals surface area (Å²) in [5.74, 6) is 0.313. The van der Waals surface area contributed by atoms with E-state index in [0.29, 0.717) is 5.91 Å². The van der Waals surface area contributed by atoms with Crippen molar-refractivity contribution < 1.29 is 4.79 Å². The fraction of sp³-hybridized carbons (Fsp3) is 0.643. The molecule has 0 radical (unpaired) electrons. The zero-order valence-corrected chi connectivity index (χ0v) is 12.0. The smallest absolute Gasteiger partial charge is 0.239 e. The maximum atomic E-state index is 12.3.